The number of carbonyl (C=O) groups is 6. The number of methoxy groups -OCH3 is 1. The zero-order valence-corrected chi connectivity index (χ0v) is 18.4. The summed E-state index contributed by atoms with van der Waals surface area (Å²) in [5, 5.41) is 4.27. The Balaban J connectivity index is 1.73. The highest BCUT2D eigenvalue weighted by molar-refractivity contribution is 6.21. The largest absolute Gasteiger partial charge is 0.492 e. The molecule has 0 unspecified atom stereocenters. The van der Waals surface area contributed by atoms with Crippen LogP contribution in [0.1, 0.15) is 11.1 Å². The molecule has 178 valence electrons. The summed E-state index contributed by atoms with van der Waals surface area (Å²) in [5.74, 6) is -5.38. The zero-order chi connectivity index (χ0) is 24.5. The van der Waals surface area contributed by atoms with Crippen LogP contribution >= 0.6 is 0 Å². The maximum absolute atomic E-state index is 13.6. The minimum Gasteiger partial charge on any atom is -0.492 e. The van der Waals surface area contributed by atoms with Crippen molar-refractivity contribution >= 4 is 35.7 Å². The minimum absolute atomic E-state index is 0.0593. The predicted octanol–water partition coefficient (Wildman–Crippen LogP) is -0.842. The van der Waals surface area contributed by atoms with Crippen LogP contribution in [0.3, 0.4) is 0 Å². The van der Waals surface area contributed by atoms with Crippen LogP contribution in [0.5, 0.6) is 17.2 Å². The Bertz CT molecular complexity index is 1210. The van der Waals surface area contributed by atoms with E-state index in [2.05, 4.69) is 10.6 Å². The highest BCUT2D eigenvalue weighted by atomic mass is 16.7. The summed E-state index contributed by atoms with van der Waals surface area (Å²) in [6, 6.07) is -0.178. The fourth-order valence-electron chi connectivity index (χ4n) is 5.22. The van der Waals surface area contributed by atoms with E-state index in [1.807, 2.05) is 0 Å². The van der Waals surface area contributed by atoms with Gasteiger partial charge in [0.25, 0.3) is 0 Å². The fraction of sp³-hybridized carbons (Fsp3) is 0.429. The summed E-state index contributed by atoms with van der Waals surface area (Å²) in [6.45, 7) is -0.0593. The van der Waals surface area contributed by atoms with Crippen LogP contribution < -0.4 is 24.8 Å². The first-order valence-electron chi connectivity index (χ1n) is 10.4. The van der Waals surface area contributed by atoms with Crippen LogP contribution in [0.25, 0.3) is 0 Å². The molecule has 13 heteroatoms. The lowest BCUT2D eigenvalue weighted by Crippen LogP contribution is -2.70. The minimum atomic E-state index is -2.00. The molecule has 0 saturated carbocycles. The lowest BCUT2D eigenvalue weighted by Gasteiger charge is -2.48. The van der Waals surface area contributed by atoms with Crippen molar-refractivity contribution in [2.45, 2.75) is 12.8 Å². The van der Waals surface area contributed by atoms with E-state index in [4.69, 9.17) is 14.2 Å². The third-order valence-corrected chi connectivity index (χ3v) is 6.98. The van der Waals surface area contributed by atoms with Crippen LogP contribution in [-0.4, -0.2) is 73.5 Å². The first kappa shape index (κ1) is 21.7. The van der Waals surface area contributed by atoms with Gasteiger partial charge in [0.15, 0.2) is 11.5 Å². The van der Waals surface area contributed by atoms with E-state index in [-0.39, 0.29) is 25.4 Å². The summed E-state index contributed by atoms with van der Waals surface area (Å²) in [4.78, 5) is 78.6. The molecule has 3 aliphatic heterocycles. The summed E-state index contributed by atoms with van der Waals surface area (Å²) in [5.41, 5.74) is -0.963. The third kappa shape index (κ3) is 2.66. The Kier molecular flexibility index (Phi) is 4.57. The van der Waals surface area contributed by atoms with Crippen LogP contribution in [0, 0.1) is 17.3 Å². The van der Waals surface area contributed by atoms with Gasteiger partial charge in [0, 0.05) is 32.0 Å². The molecule has 34 heavy (non-hydrogen) atoms. The summed E-state index contributed by atoms with van der Waals surface area (Å²) in [7, 11) is 3.79. The monoisotopic (exact) mass is 472 g/mol. The van der Waals surface area contributed by atoms with Gasteiger partial charge in [0.1, 0.15) is 11.3 Å². The van der Waals surface area contributed by atoms with E-state index in [0.717, 1.165) is 9.80 Å². The molecule has 3 atom stereocenters. The average Bonchev–Trinajstić information content (AvgIpc) is 3.26. The number of carbonyl (C=O) groups excluding carboxylic acids is 6. The van der Waals surface area contributed by atoms with E-state index in [0.29, 0.717) is 22.6 Å². The van der Waals surface area contributed by atoms with Gasteiger partial charge in [-0.15, -0.1) is 0 Å². The van der Waals surface area contributed by atoms with Gasteiger partial charge in [0.05, 0.1) is 7.11 Å². The number of rotatable bonds is 2. The highest BCUT2D eigenvalue weighted by Gasteiger charge is 2.64. The van der Waals surface area contributed by atoms with Crippen molar-refractivity contribution in [2.24, 2.45) is 17.3 Å². The van der Waals surface area contributed by atoms with Crippen molar-refractivity contribution in [3.63, 3.8) is 0 Å². The first-order chi connectivity index (χ1) is 16.1. The molecular weight excluding hydrogens is 452 g/mol. The van der Waals surface area contributed by atoms with Crippen molar-refractivity contribution in [2.75, 3.05) is 28.0 Å². The van der Waals surface area contributed by atoms with Gasteiger partial charge in [-0.3, -0.25) is 39.6 Å². The maximum Gasteiger partial charge on any atom is 0.330 e. The number of ether oxygens (including phenoxy) is 3. The Morgan fingerprint density at radius 3 is 2.44 bits per heavy atom. The molecule has 1 aliphatic carbocycles. The molecule has 0 bridgehead atoms. The third-order valence-electron chi connectivity index (χ3n) is 6.98. The average molecular weight is 472 g/mol. The number of amides is 8. The lowest BCUT2D eigenvalue weighted by atomic mass is 9.57. The number of barbiturate groups is 2. The number of nitrogens with one attached hydrogen (secondary N) is 2. The number of hydrogen-bond donors (Lipinski definition) is 2. The van der Waals surface area contributed by atoms with E-state index < -0.39 is 52.9 Å². The normalized spacial score (nSPS) is 28.2. The van der Waals surface area contributed by atoms with Gasteiger partial charge in [-0.05, 0) is 18.1 Å². The molecule has 2 fully saturated rings. The Morgan fingerprint density at radius 1 is 1.03 bits per heavy atom. The molecule has 1 spiro atoms. The van der Waals surface area contributed by atoms with Gasteiger partial charge in [-0.2, -0.15) is 0 Å². The number of urea groups is 2. The summed E-state index contributed by atoms with van der Waals surface area (Å²) in [6.07, 6.45) is -0.362. The maximum atomic E-state index is 13.6. The van der Waals surface area contributed by atoms with Gasteiger partial charge >= 0.3 is 12.1 Å². The van der Waals surface area contributed by atoms with Crippen LogP contribution in [0.15, 0.2) is 6.07 Å². The second-order valence-corrected chi connectivity index (χ2v) is 8.53. The molecule has 13 nitrogen and oxygen atoms in total. The molecule has 2 saturated heterocycles. The molecule has 0 radical (unpaired) electrons. The Hall–Kier alpha value is -4.16. The van der Waals surface area contributed by atoms with E-state index >= 15 is 0 Å². The van der Waals surface area contributed by atoms with Crippen LogP contribution in [-0.2, 0) is 32.0 Å². The van der Waals surface area contributed by atoms with Crippen molar-refractivity contribution in [3.05, 3.63) is 17.2 Å². The molecule has 8 amide bonds. The van der Waals surface area contributed by atoms with Gasteiger partial charge in [-0.1, -0.05) is 0 Å². The standard InChI is InChI=1S/C21H20N4O9/c1-24-16(27)12(15(26)22-19(24)30)10-4-8-5-11-14(34-7-33-11)13(32-3)9(8)6-21(10)17(28)23-20(31)25(2)18(21)29/h5,10,12H,4,6-7H2,1-3H3,(H,22,26,30)(H,23,28,31)/t10-,12-,21-/m0/s1. The van der Waals surface area contributed by atoms with E-state index in [9.17, 15) is 28.8 Å². The Labute approximate surface area is 192 Å². The lowest BCUT2D eigenvalue weighted by molar-refractivity contribution is -0.161. The second-order valence-electron chi connectivity index (χ2n) is 8.53. The zero-order valence-electron chi connectivity index (χ0n) is 18.4. The molecule has 1 aromatic carbocycles. The van der Waals surface area contributed by atoms with Crippen LogP contribution in [0.2, 0.25) is 0 Å². The number of benzene rings is 1. The molecule has 3 heterocycles. The molecule has 4 aliphatic rings. The SMILES string of the molecule is COc1c2c(cc3c1OCO3)C[C@@H]([C@H]1C(=O)NC(=O)N(C)C1=O)[C@@]1(C2)C(=O)NC(=O)N(C)C1=O. The topological polar surface area (TPSA) is 161 Å². The fourth-order valence-corrected chi connectivity index (χ4v) is 5.22. The van der Waals surface area contributed by atoms with Gasteiger partial charge in [-0.25, -0.2) is 9.59 Å². The molecular formula is C21H20N4O9. The number of imide groups is 4. The van der Waals surface area contributed by atoms with Gasteiger partial charge in [0.2, 0.25) is 36.2 Å². The molecule has 2 N–H and O–H groups in total. The second kappa shape index (κ2) is 7.17. The molecule has 5 rings (SSSR count). The van der Waals surface area contributed by atoms with Crippen LogP contribution in [0.4, 0.5) is 9.59 Å². The quantitative estimate of drug-likeness (QED) is 0.523. The first-order valence-corrected chi connectivity index (χ1v) is 10.4. The summed E-state index contributed by atoms with van der Waals surface area (Å²) < 4.78 is 16.5. The smallest absolute Gasteiger partial charge is 0.330 e. The van der Waals surface area contributed by atoms with Crippen molar-refractivity contribution in [1.82, 2.24) is 20.4 Å². The van der Waals surface area contributed by atoms with E-state index in [1.165, 1.54) is 21.2 Å². The molecule has 0 aromatic heterocycles. The van der Waals surface area contributed by atoms with E-state index in [1.54, 1.807) is 6.07 Å². The number of fused-ring (bicyclic) bond motifs is 2. The number of hydrogen-bond acceptors (Lipinski definition) is 9. The summed E-state index contributed by atoms with van der Waals surface area (Å²) >= 11 is 0. The van der Waals surface area contributed by atoms with Crippen molar-refractivity contribution < 1.29 is 43.0 Å². The molecule has 1 aromatic rings. The Morgan fingerprint density at radius 2 is 1.74 bits per heavy atom. The number of nitrogens with zero attached hydrogens (tertiary/aromatic N) is 2. The predicted molar refractivity (Wildman–Crippen MR) is 109 cm³/mol. The van der Waals surface area contributed by atoms with Crippen molar-refractivity contribution in [1.29, 1.82) is 0 Å². The van der Waals surface area contributed by atoms with Crippen molar-refractivity contribution in [3.8, 4) is 17.2 Å². The van der Waals surface area contributed by atoms with Gasteiger partial charge < -0.3 is 14.2 Å². The highest BCUT2D eigenvalue weighted by Crippen LogP contribution is 2.54.